The maximum atomic E-state index is 13.3. The summed E-state index contributed by atoms with van der Waals surface area (Å²) in [6.07, 6.45) is 2.14. The van der Waals surface area contributed by atoms with Gasteiger partial charge in [0.2, 0.25) is 5.91 Å². The van der Waals surface area contributed by atoms with Crippen molar-refractivity contribution in [3.8, 4) is 11.5 Å². The lowest BCUT2D eigenvalue weighted by Gasteiger charge is -2.38. The second-order valence-electron chi connectivity index (χ2n) is 7.25. The first kappa shape index (κ1) is 19.5. The van der Waals surface area contributed by atoms with Crippen molar-refractivity contribution < 1.29 is 19.1 Å². The van der Waals surface area contributed by atoms with E-state index in [1.807, 2.05) is 12.1 Å². The summed E-state index contributed by atoms with van der Waals surface area (Å²) in [4.78, 5) is 27.9. The van der Waals surface area contributed by atoms with Crippen LogP contribution in [0.5, 0.6) is 11.5 Å². The molecule has 0 aromatic heterocycles. The zero-order chi connectivity index (χ0) is 20.5. The molecule has 2 aromatic rings. The van der Waals surface area contributed by atoms with Crippen molar-refractivity contribution in [3.05, 3.63) is 64.3 Å². The Labute approximate surface area is 174 Å². The van der Waals surface area contributed by atoms with Crippen LogP contribution < -0.4 is 14.4 Å². The minimum absolute atomic E-state index is 0.0475. The van der Waals surface area contributed by atoms with Gasteiger partial charge in [0, 0.05) is 53.3 Å². The van der Waals surface area contributed by atoms with E-state index in [4.69, 9.17) is 21.1 Å². The molecule has 1 amide bonds. The van der Waals surface area contributed by atoms with E-state index in [1.165, 1.54) is 0 Å². The summed E-state index contributed by atoms with van der Waals surface area (Å²) in [5, 5.41) is 0.630. The summed E-state index contributed by atoms with van der Waals surface area (Å²) >= 11 is 6.03. The van der Waals surface area contributed by atoms with Crippen LogP contribution in [-0.4, -0.2) is 25.9 Å². The van der Waals surface area contributed by atoms with Gasteiger partial charge in [-0.2, -0.15) is 0 Å². The highest BCUT2D eigenvalue weighted by molar-refractivity contribution is 6.30. The second kappa shape index (κ2) is 7.91. The molecule has 0 bridgehead atoms. The third kappa shape index (κ3) is 3.62. The normalized spacial score (nSPS) is 19.3. The summed E-state index contributed by atoms with van der Waals surface area (Å²) < 4.78 is 10.7. The van der Waals surface area contributed by atoms with Crippen LogP contribution in [0.3, 0.4) is 0 Å². The van der Waals surface area contributed by atoms with Crippen LogP contribution in [0.15, 0.2) is 53.7 Å². The number of ether oxygens (including phenoxy) is 2. The van der Waals surface area contributed by atoms with Crippen molar-refractivity contribution in [1.29, 1.82) is 0 Å². The molecule has 2 aromatic carbocycles. The van der Waals surface area contributed by atoms with Crippen molar-refractivity contribution in [2.75, 3.05) is 19.1 Å². The van der Waals surface area contributed by atoms with Gasteiger partial charge in [0.25, 0.3) is 0 Å². The first-order valence-corrected chi connectivity index (χ1v) is 9.97. The van der Waals surface area contributed by atoms with Gasteiger partial charge in [-0.25, -0.2) is 0 Å². The molecule has 5 nitrogen and oxygen atoms in total. The van der Waals surface area contributed by atoms with E-state index >= 15 is 0 Å². The fraction of sp³-hybridized carbons (Fsp3) is 0.304. The first-order valence-electron chi connectivity index (χ1n) is 9.59. The van der Waals surface area contributed by atoms with Gasteiger partial charge in [-0.1, -0.05) is 23.7 Å². The predicted molar refractivity (Wildman–Crippen MR) is 112 cm³/mol. The van der Waals surface area contributed by atoms with Crippen molar-refractivity contribution in [3.63, 3.8) is 0 Å². The summed E-state index contributed by atoms with van der Waals surface area (Å²) in [5.41, 5.74) is 3.11. The Morgan fingerprint density at radius 1 is 0.966 bits per heavy atom. The Morgan fingerprint density at radius 2 is 1.62 bits per heavy atom. The van der Waals surface area contributed by atoms with E-state index in [1.54, 1.807) is 49.5 Å². The smallest absolute Gasteiger partial charge is 0.232 e. The Morgan fingerprint density at radius 3 is 2.24 bits per heavy atom. The number of carbonyl (C=O) groups excluding carboxylic acids is 2. The van der Waals surface area contributed by atoms with Crippen LogP contribution in [0.1, 0.15) is 37.2 Å². The Kier molecular flexibility index (Phi) is 5.33. The molecule has 0 N–H and O–H groups in total. The maximum Gasteiger partial charge on any atom is 0.232 e. The van der Waals surface area contributed by atoms with Crippen molar-refractivity contribution in [2.45, 2.75) is 31.6 Å². The predicted octanol–water partition coefficient (Wildman–Crippen LogP) is 4.88. The van der Waals surface area contributed by atoms with E-state index in [0.717, 1.165) is 23.3 Å². The molecular formula is C23H22ClNO4. The molecule has 0 saturated carbocycles. The van der Waals surface area contributed by atoms with Crippen LogP contribution in [0.4, 0.5) is 5.69 Å². The first-order chi connectivity index (χ1) is 14.0. The number of benzene rings is 2. The van der Waals surface area contributed by atoms with Crippen molar-refractivity contribution in [2.24, 2.45) is 0 Å². The largest absolute Gasteiger partial charge is 0.497 e. The van der Waals surface area contributed by atoms with Gasteiger partial charge < -0.3 is 9.47 Å². The number of hydrogen-bond donors (Lipinski definition) is 0. The lowest BCUT2D eigenvalue weighted by Crippen LogP contribution is -2.40. The number of carbonyl (C=O) groups is 2. The number of halogens is 1. The molecule has 0 spiro atoms. The van der Waals surface area contributed by atoms with Gasteiger partial charge in [0.15, 0.2) is 5.78 Å². The molecule has 2 aliphatic rings. The Balaban J connectivity index is 1.85. The van der Waals surface area contributed by atoms with Gasteiger partial charge in [-0.3, -0.25) is 14.5 Å². The van der Waals surface area contributed by atoms with E-state index in [2.05, 4.69) is 0 Å². The highest BCUT2D eigenvalue weighted by Crippen LogP contribution is 2.44. The third-order valence-corrected chi connectivity index (χ3v) is 5.79. The zero-order valence-electron chi connectivity index (χ0n) is 16.4. The highest BCUT2D eigenvalue weighted by Gasteiger charge is 2.39. The number of amides is 1. The van der Waals surface area contributed by atoms with Crippen LogP contribution in [0.25, 0.3) is 0 Å². The molecule has 0 fully saturated rings. The molecule has 29 heavy (non-hydrogen) atoms. The second-order valence-corrected chi connectivity index (χ2v) is 7.68. The number of rotatable bonds is 4. The number of hydrogen-bond acceptors (Lipinski definition) is 4. The van der Waals surface area contributed by atoms with Crippen molar-refractivity contribution >= 4 is 29.0 Å². The number of ketones is 1. The topological polar surface area (TPSA) is 55.8 Å². The van der Waals surface area contributed by atoms with E-state index in [-0.39, 0.29) is 24.0 Å². The summed E-state index contributed by atoms with van der Waals surface area (Å²) in [6.45, 7) is 0. The minimum Gasteiger partial charge on any atom is -0.497 e. The molecule has 4 rings (SSSR count). The highest BCUT2D eigenvalue weighted by atomic mass is 35.5. The molecule has 1 atom stereocenters. The number of Topliss-reactive ketones (excluding diaryl/α,β-unsaturated/α-hetero) is 1. The van der Waals surface area contributed by atoms with Crippen molar-refractivity contribution in [1.82, 2.24) is 0 Å². The molecular weight excluding hydrogens is 390 g/mol. The maximum absolute atomic E-state index is 13.3. The average Bonchev–Trinajstić information content (AvgIpc) is 2.73. The minimum atomic E-state index is -0.244. The quantitative estimate of drug-likeness (QED) is 0.719. The van der Waals surface area contributed by atoms with E-state index < -0.39 is 0 Å². The Bertz CT molecular complexity index is 974. The standard InChI is InChI=1S/C23H22ClNO4/c1-28-17-10-16(11-18(12-17)29-2)25-20-4-3-5-21(26)23(20)19(13-22(25)27)14-6-8-15(24)9-7-14/h6-12,19H,3-5,13H2,1-2H3. The number of anilines is 1. The zero-order valence-corrected chi connectivity index (χ0v) is 17.2. The number of methoxy groups -OCH3 is 2. The van der Waals surface area contributed by atoms with Gasteiger partial charge >= 0.3 is 0 Å². The molecule has 0 saturated heterocycles. The van der Waals surface area contributed by atoms with Crippen LogP contribution in [-0.2, 0) is 9.59 Å². The SMILES string of the molecule is COc1cc(OC)cc(N2C(=O)CC(c3ccc(Cl)cc3)C3=C2CCCC3=O)c1. The molecule has 1 aliphatic heterocycles. The van der Waals surface area contributed by atoms with Crippen LogP contribution >= 0.6 is 11.6 Å². The average molecular weight is 412 g/mol. The number of allylic oxidation sites excluding steroid dienone is 2. The van der Waals surface area contributed by atoms with E-state index in [0.29, 0.717) is 35.1 Å². The van der Waals surface area contributed by atoms with Gasteiger partial charge in [0.05, 0.1) is 19.9 Å². The molecule has 1 unspecified atom stereocenters. The lowest BCUT2D eigenvalue weighted by molar-refractivity contribution is -0.119. The number of nitrogens with zero attached hydrogens (tertiary/aromatic N) is 1. The van der Waals surface area contributed by atoms with Gasteiger partial charge in [0.1, 0.15) is 11.5 Å². The van der Waals surface area contributed by atoms with Gasteiger partial charge in [-0.05, 0) is 30.5 Å². The molecule has 6 heteroatoms. The van der Waals surface area contributed by atoms with Crippen LogP contribution in [0.2, 0.25) is 5.02 Å². The summed E-state index contributed by atoms with van der Waals surface area (Å²) in [6, 6.07) is 12.8. The molecule has 1 aliphatic carbocycles. The Hall–Kier alpha value is -2.79. The van der Waals surface area contributed by atoms with E-state index in [9.17, 15) is 9.59 Å². The van der Waals surface area contributed by atoms with Gasteiger partial charge in [-0.15, -0.1) is 0 Å². The summed E-state index contributed by atoms with van der Waals surface area (Å²) in [5.74, 6) is 1.01. The fourth-order valence-corrected chi connectivity index (χ4v) is 4.32. The van der Waals surface area contributed by atoms with Crippen LogP contribution in [0, 0.1) is 0 Å². The third-order valence-electron chi connectivity index (χ3n) is 5.54. The monoisotopic (exact) mass is 411 g/mol. The lowest BCUT2D eigenvalue weighted by atomic mass is 9.77. The molecule has 150 valence electrons. The molecule has 1 heterocycles. The molecule has 0 radical (unpaired) electrons. The fourth-order valence-electron chi connectivity index (χ4n) is 4.19. The summed E-state index contributed by atoms with van der Waals surface area (Å²) in [7, 11) is 3.14.